The molecule has 1 atom stereocenters. The van der Waals surface area contributed by atoms with Gasteiger partial charge in [-0.2, -0.15) is 0 Å². The Balaban J connectivity index is 1.97. The number of aromatic nitrogens is 2. The molecular formula is C14H25N3O2. The number of aliphatic hydroxyl groups excluding tert-OH is 1. The molecule has 0 bridgehead atoms. The summed E-state index contributed by atoms with van der Waals surface area (Å²) < 4.78 is 5.18. The van der Waals surface area contributed by atoms with Gasteiger partial charge in [0.2, 0.25) is 0 Å². The Kier molecular flexibility index (Phi) is 4.96. The third-order valence-corrected chi connectivity index (χ3v) is 4.22. The Labute approximate surface area is 115 Å². The lowest BCUT2D eigenvalue weighted by Gasteiger charge is -2.41. The van der Waals surface area contributed by atoms with Crippen LogP contribution in [0.5, 0.6) is 0 Å². The van der Waals surface area contributed by atoms with Gasteiger partial charge >= 0.3 is 0 Å². The number of aromatic amines is 1. The van der Waals surface area contributed by atoms with Gasteiger partial charge in [0.25, 0.3) is 0 Å². The molecule has 19 heavy (non-hydrogen) atoms. The summed E-state index contributed by atoms with van der Waals surface area (Å²) in [5, 5.41) is 9.76. The molecule has 0 radical (unpaired) electrons. The number of nitrogens with one attached hydrogen (secondary N) is 1. The van der Waals surface area contributed by atoms with Crippen LogP contribution in [-0.4, -0.2) is 53.4 Å². The highest BCUT2D eigenvalue weighted by atomic mass is 16.5. The van der Waals surface area contributed by atoms with Gasteiger partial charge in [0.15, 0.2) is 0 Å². The predicted molar refractivity (Wildman–Crippen MR) is 73.8 cm³/mol. The SMILES string of the molecule is COCC[C@@]1(CO)CCCN(Cc2nc[nH]c2C)C1. The summed E-state index contributed by atoms with van der Waals surface area (Å²) in [4.78, 5) is 9.88. The number of ether oxygens (including phenoxy) is 1. The van der Waals surface area contributed by atoms with Crippen molar-refractivity contribution in [2.45, 2.75) is 32.7 Å². The lowest BCUT2D eigenvalue weighted by molar-refractivity contribution is 0.00435. The summed E-state index contributed by atoms with van der Waals surface area (Å²) in [6.07, 6.45) is 4.89. The molecule has 0 aliphatic carbocycles. The van der Waals surface area contributed by atoms with Crippen LogP contribution in [-0.2, 0) is 11.3 Å². The lowest BCUT2D eigenvalue weighted by atomic mass is 9.78. The second-order valence-electron chi connectivity index (χ2n) is 5.69. The molecule has 5 nitrogen and oxygen atoms in total. The molecule has 0 saturated carbocycles. The molecule has 0 spiro atoms. The van der Waals surface area contributed by atoms with Crippen LogP contribution in [0.3, 0.4) is 0 Å². The first kappa shape index (κ1) is 14.5. The minimum absolute atomic E-state index is 0.00152. The van der Waals surface area contributed by atoms with Crippen molar-refractivity contribution in [1.29, 1.82) is 0 Å². The lowest BCUT2D eigenvalue weighted by Crippen LogP contribution is -2.45. The highest BCUT2D eigenvalue weighted by Gasteiger charge is 2.34. The molecule has 1 aromatic rings. The zero-order valence-corrected chi connectivity index (χ0v) is 12.0. The molecule has 2 heterocycles. The first-order valence-corrected chi connectivity index (χ1v) is 7.00. The number of hydrogen-bond acceptors (Lipinski definition) is 4. The summed E-state index contributed by atoms with van der Waals surface area (Å²) in [5.41, 5.74) is 2.25. The van der Waals surface area contributed by atoms with E-state index in [2.05, 4.69) is 21.8 Å². The molecule has 1 aromatic heterocycles. The van der Waals surface area contributed by atoms with Gasteiger partial charge in [-0.1, -0.05) is 0 Å². The van der Waals surface area contributed by atoms with Crippen molar-refractivity contribution >= 4 is 0 Å². The van der Waals surface area contributed by atoms with E-state index in [1.807, 2.05) is 0 Å². The second kappa shape index (κ2) is 6.50. The van der Waals surface area contributed by atoms with E-state index in [0.29, 0.717) is 0 Å². The van der Waals surface area contributed by atoms with Gasteiger partial charge in [0, 0.05) is 37.9 Å². The normalized spacial score (nSPS) is 24.8. The van der Waals surface area contributed by atoms with E-state index < -0.39 is 0 Å². The molecule has 2 rings (SSSR count). The summed E-state index contributed by atoms with van der Waals surface area (Å²) in [6, 6.07) is 0. The van der Waals surface area contributed by atoms with Crippen molar-refractivity contribution in [1.82, 2.24) is 14.9 Å². The molecule has 1 fully saturated rings. The molecule has 2 N–H and O–H groups in total. The average Bonchev–Trinajstić information content (AvgIpc) is 2.82. The van der Waals surface area contributed by atoms with Gasteiger partial charge in [-0.15, -0.1) is 0 Å². The van der Waals surface area contributed by atoms with E-state index >= 15 is 0 Å². The summed E-state index contributed by atoms with van der Waals surface area (Å²) in [6.45, 7) is 5.89. The number of hydrogen-bond donors (Lipinski definition) is 2. The number of rotatable bonds is 6. The number of likely N-dealkylation sites (tertiary alicyclic amines) is 1. The monoisotopic (exact) mass is 267 g/mol. The van der Waals surface area contributed by atoms with Crippen molar-refractivity contribution in [3.05, 3.63) is 17.7 Å². The quantitative estimate of drug-likeness (QED) is 0.816. The Bertz CT molecular complexity index is 394. The Hall–Kier alpha value is -0.910. The standard InChI is InChI=1S/C14H25N3O2/c1-12-13(16-11-15-12)8-17-6-3-4-14(9-17,10-18)5-7-19-2/h11,18H,3-10H2,1-2H3,(H,15,16)/t14-/m0/s1. The molecular weight excluding hydrogens is 242 g/mol. The summed E-state index contributed by atoms with van der Waals surface area (Å²) >= 11 is 0. The molecule has 0 unspecified atom stereocenters. The molecule has 1 saturated heterocycles. The van der Waals surface area contributed by atoms with Gasteiger partial charge in [-0.3, -0.25) is 4.90 Å². The van der Waals surface area contributed by atoms with Gasteiger partial charge < -0.3 is 14.8 Å². The fourth-order valence-electron chi connectivity index (χ4n) is 2.93. The van der Waals surface area contributed by atoms with Crippen LogP contribution in [0.1, 0.15) is 30.7 Å². The largest absolute Gasteiger partial charge is 0.396 e. The number of H-pyrrole nitrogens is 1. The van der Waals surface area contributed by atoms with Crippen LogP contribution in [0.15, 0.2) is 6.33 Å². The second-order valence-corrected chi connectivity index (χ2v) is 5.69. The van der Waals surface area contributed by atoms with E-state index in [1.165, 1.54) is 0 Å². The number of aliphatic hydroxyl groups is 1. The van der Waals surface area contributed by atoms with Gasteiger partial charge in [0.1, 0.15) is 0 Å². The number of methoxy groups -OCH3 is 1. The van der Waals surface area contributed by atoms with Crippen molar-refractivity contribution in [2.24, 2.45) is 5.41 Å². The van der Waals surface area contributed by atoms with Crippen LogP contribution in [0.25, 0.3) is 0 Å². The number of piperidine rings is 1. The topological polar surface area (TPSA) is 61.4 Å². The predicted octanol–water partition coefficient (Wildman–Crippen LogP) is 1.33. The molecule has 0 aromatic carbocycles. The van der Waals surface area contributed by atoms with E-state index in [1.54, 1.807) is 13.4 Å². The van der Waals surface area contributed by atoms with E-state index in [0.717, 1.165) is 56.9 Å². The fraction of sp³-hybridized carbons (Fsp3) is 0.786. The van der Waals surface area contributed by atoms with Gasteiger partial charge in [-0.25, -0.2) is 4.98 Å². The molecule has 108 valence electrons. The van der Waals surface area contributed by atoms with E-state index in [4.69, 9.17) is 4.74 Å². The van der Waals surface area contributed by atoms with Crippen molar-refractivity contribution in [2.75, 3.05) is 33.4 Å². The Morgan fingerprint density at radius 1 is 1.58 bits per heavy atom. The molecule has 0 amide bonds. The molecule has 5 heteroatoms. The van der Waals surface area contributed by atoms with Gasteiger partial charge in [0.05, 0.1) is 18.6 Å². The van der Waals surface area contributed by atoms with Crippen LogP contribution in [0.2, 0.25) is 0 Å². The Morgan fingerprint density at radius 3 is 3.05 bits per heavy atom. The highest BCUT2D eigenvalue weighted by molar-refractivity contribution is 5.08. The van der Waals surface area contributed by atoms with Crippen LogP contribution < -0.4 is 0 Å². The third-order valence-electron chi connectivity index (χ3n) is 4.22. The number of imidazole rings is 1. The minimum Gasteiger partial charge on any atom is -0.396 e. The maximum absolute atomic E-state index is 9.76. The van der Waals surface area contributed by atoms with Crippen molar-refractivity contribution < 1.29 is 9.84 Å². The fourth-order valence-corrected chi connectivity index (χ4v) is 2.93. The smallest absolute Gasteiger partial charge is 0.0925 e. The Morgan fingerprint density at radius 2 is 2.42 bits per heavy atom. The molecule has 1 aliphatic heterocycles. The van der Waals surface area contributed by atoms with Crippen molar-refractivity contribution in [3.63, 3.8) is 0 Å². The third kappa shape index (κ3) is 3.55. The maximum atomic E-state index is 9.76. The van der Waals surface area contributed by atoms with Crippen molar-refractivity contribution in [3.8, 4) is 0 Å². The first-order valence-electron chi connectivity index (χ1n) is 7.00. The highest BCUT2D eigenvalue weighted by Crippen LogP contribution is 2.33. The average molecular weight is 267 g/mol. The van der Waals surface area contributed by atoms with Gasteiger partial charge in [-0.05, 0) is 32.7 Å². The van der Waals surface area contributed by atoms with Crippen LogP contribution >= 0.6 is 0 Å². The number of aryl methyl sites for hydroxylation is 1. The minimum atomic E-state index is -0.00152. The molecule has 1 aliphatic rings. The van der Waals surface area contributed by atoms with Crippen LogP contribution in [0.4, 0.5) is 0 Å². The van der Waals surface area contributed by atoms with E-state index in [-0.39, 0.29) is 12.0 Å². The number of nitrogens with zero attached hydrogens (tertiary/aromatic N) is 2. The first-order chi connectivity index (χ1) is 9.19. The zero-order valence-electron chi connectivity index (χ0n) is 12.0. The summed E-state index contributed by atoms with van der Waals surface area (Å²) in [7, 11) is 1.72. The van der Waals surface area contributed by atoms with Crippen LogP contribution in [0, 0.1) is 12.3 Å². The van der Waals surface area contributed by atoms with E-state index in [9.17, 15) is 5.11 Å². The summed E-state index contributed by atoms with van der Waals surface area (Å²) in [5.74, 6) is 0. The maximum Gasteiger partial charge on any atom is 0.0925 e. The zero-order chi connectivity index (χ0) is 13.7.